The van der Waals surface area contributed by atoms with Crippen LogP contribution in [0.4, 0.5) is 26.3 Å². The Labute approximate surface area is 179 Å². The van der Waals surface area contributed by atoms with Crippen LogP contribution in [0.2, 0.25) is 0 Å². The first-order valence-corrected chi connectivity index (χ1v) is 10.4. The number of carbonyl (C=O) groups excluding carboxylic acids is 2. The van der Waals surface area contributed by atoms with E-state index in [2.05, 4.69) is 20.1 Å². The lowest BCUT2D eigenvalue weighted by molar-refractivity contribution is -0.357. The highest BCUT2D eigenvalue weighted by atomic mass is 19.4. The average molecular weight is 474 g/mol. The fourth-order valence-corrected chi connectivity index (χ4v) is 5.10. The molecule has 5 saturated carbocycles. The lowest BCUT2D eigenvalue weighted by Gasteiger charge is -2.70. The van der Waals surface area contributed by atoms with Gasteiger partial charge in [-0.25, -0.2) is 0 Å². The van der Waals surface area contributed by atoms with Gasteiger partial charge < -0.3 is 15.4 Å². The van der Waals surface area contributed by atoms with E-state index < -0.39 is 37.0 Å². The summed E-state index contributed by atoms with van der Waals surface area (Å²) in [7, 11) is 0. The van der Waals surface area contributed by atoms with Gasteiger partial charge in [-0.2, -0.15) is 0 Å². The first-order valence-electron chi connectivity index (χ1n) is 10.4. The van der Waals surface area contributed by atoms with Crippen molar-refractivity contribution < 1.29 is 50.1 Å². The summed E-state index contributed by atoms with van der Waals surface area (Å²) < 4.78 is 85.6. The predicted molar refractivity (Wildman–Crippen MR) is 94.0 cm³/mol. The Kier molecular flexibility index (Phi) is 6.00. The normalized spacial score (nSPS) is 38.1. The summed E-state index contributed by atoms with van der Waals surface area (Å²) in [5.74, 6) is -0.920. The van der Waals surface area contributed by atoms with Gasteiger partial charge in [0.1, 0.15) is 12.4 Å². The average Bonchev–Trinajstić information content (AvgIpc) is 2.51. The van der Waals surface area contributed by atoms with Crippen LogP contribution < -0.4 is 10.6 Å². The van der Waals surface area contributed by atoms with Crippen LogP contribution in [0.1, 0.15) is 44.9 Å². The number of amides is 1. The third kappa shape index (κ3) is 5.54. The third-order valence-corrected chi connectivity index (χ3v) is 6.72. The molecular formula is C19H24F6N2O5. The monoisotopic (exact) mass is 474 g/mol. The summed E-state index contributed by atoms with van der Waals surface area (Å²) >= 11 is 0. The summed E-state index contributed by atoms with van der Waals surface area (Å²) in [5, 5.41) is 6.04. The smallest absolute Gasteiger partial charge is 0.368 e. The molecule has 0 aliphatic heterocycles. The molecule has 32 heavy (non-hydrogen) atoms. The summed E-state index contributed by atoms with van der Waals surface area (Å²) in [6.07, 6.45) is -9.48. The molecule has 13 heteroatoms. The Bertz CT molecular complexity index is 726. The second-order valence-electron chi connectivity index (χ2n) is 9.40. The molecule has 182 valence electrons. The highest BCUT2D eigenvalue weighted by Gasteiger charge is 2.68. The van der Waals surface area contributed by atoms with E-state index >= 15 is 0 Å². The molecular weight excluding hydrogens is 450 g/mol. The predicted octanol–water partition coefficient (Wildman–Crippen LogP) is 2.34. The zero-order chi connectivity index (χ0) is 23.4. The van der Waals surface area contributed by atoms with Crippen LogP contribution in [0, 0.1) is 5.92 Å². The lowest BCUT2D eigenvalue weighted by atomic mass is 9.44. The van der Waals surface area contributed by atoms with Crippen LogP contribution >= 0.6 is 0 Å². The van der Waals surface area contributed by atoms with Crippen molar-refractivity contribution in [3.8, 4) is 0 Å². The molecule has 0 atom stereocenters. The zero-order valence-electron chi connectivity index (χ0n) is 17.0. The van der Waals surface area contributed by atoms with Crippen molar-refractivity contribution in [2.45, 2.75) is 87.1 Å². The van der Waals surface area contributed by atoms with E-state index in [1.807, 2.05) is 0 Å². The molecule has 2 bridgehead atoms. The minimum atomic E-state index is -4.69. The van der Waals surface area contributed by atoms with Crippen LogP contribution in [0.3, 0.4) is 0 Å². The minimum Gasteiger partial charge on any atom is -0.368 e. The van der Waals surface area contributed by atoms with Crippen LogP contribution in [0.25, 0.3) is 0 Å². The maximum absolute atomic E-state index is 12.1. The molecule has 5 fully saturated rings. The number of ether oxygens (including phenoxy) is 3. The number of nitrogens with one attached hydrogen (secondary N) is 2. The van der Waals surface area contributed by atoms with Crippen molar-refractivity contribution in [3.05, 3.63) is 0 Å². The molecule has 0 aromatic carbocycles. The summed E-state index contributed by atoms with van der Waals surface area (Å²) in [5.41, 5.74) is -0.605. The van der Waals surface area contributed by atoms with E-state index in [-0.39, 0.29) is 61.6 Å². The molecule has 7 nitrogen and oxygen atoms in total. The van der Waals surface area contributed by atoms with Gasteiger partial charge in [-0.15, -0.1) is 26.3 Å². The Morgan fingerprint density at radius 1 is 0.812 bits per heavy atom. The molecule has 0 spiro atoms. The van der Waals surface area contributed by atoms with Crippen molar-refractivity contribution in [2.24, 2.45) is 5.92 Å². The van der Waals surface area contributed by atoms with Gasteiger partial charge >= 0.3 is 12.7 Å². The molecule has 1 amide bonds. The molecule has 5 aliphatic carbocycles. The van der Waals surface area contributed by atoms with Crippen LogP contribution in [0.5, 0.6) is 0 Å². The van der Waals surface area contributed by atoms with Crippen LogP contribution in [-0.2, 0) is 23.8 Å². The molecule has 0 aromatic heterocycles. The van der Waals surface area contributed by atoms with E-state index in [0.717, 1.165) is 0 Å². The maximum Gasteiger partial charge on any atom is 0.522 e. The Balaban J connectivity index is 1.05. The first kappa shape index (κ1) is 23.7. The van der Waals surface area contributed by atoms with Gasteiger partial charge in [0.2, 0.25) is 5.91 Å². The lowest BCUT2D eigenvalue weighted by Crippen LogP contribution is -2.83. The van der Waals surface area contributed by atoms with Crippen molar-refractivity contribution in [3.63, 3.8) is 0 Å². The SMILES string of the molecule is O=C(COC1CC(OC(F)(F)F)C1)NC12CC(NCC(=O)C3CC(OC(F)(F)F)C3)(C1)C2. The second kappa shape index (κ2) is 8.10. The molecule has 5 aliphatic rings. The largest absolute Gasteiger partial charge is 0.522 e. The van der Waals surface area contributed by atoms with Gasteiger partial charge in [-0.1, -0.05) is 0 Å². The summed E-state index contributed by atoms with van der Waals surface area (Å²) in [6, 6.07) is 0. The van der Waals surface area contributed by atoms with Gasteiger partial charge in [0.15, 0.2) is 0 Å². The topological polar surface area (TPSA) is 85.9 Å². The fraction of sp³-hybridized carbons (Fsp3) is 0.895. The number of ketones is 1. The number of rotatable bonds is 10. The number of alkyl halides is 6. The van der Waals surface area contributed by atoms with Crippen molar-refractivity contribution in [1.82, 2.24) is 10.6 Å². The van der Waals surface area contributed by atoms with Gasteiger partial charge in [0.05, 0.1) is 24.9 Å². The summed E-state index contributed by atoms with van der Waals surface area (Å²) in [6.45, 7) is -0.174. The standard InChI is InChI=1S/C19H24F6N2O5/c20-18(21,22)31-12-1-10(2-12)14(28)5-26-16-7-17(8-16,9-16)27-15(29)6-30-11-3-13(4-11)32-19(23,24)25/h10-13,26H,1-9H2,(H,27,29). The van der Waals surface area contributed by atoms with Gasteiger partial charge in [-0.05, 0) is 32.1 Å². The van der Waals surface area contributed by atoms with Crippen LogP contribution in [-0.4, -0.2) is 67.0 Å². The van der Waals surface area contributed by atoms with E-state index in [1.54, 1.807) is 0 Å². The molecule has 0 saturated heterocycles. The maximum atomic E-state index is 12.1. The highest BCUT2D eigenvalue weighted by molar-refractivity contribution is 5.84. The Morgan fingerprint density at radius 3 is 1.88 bits per heavy atom. The zero-order valence-corrected chi connectivity index (χ0v) is 17.0. The number of carbonyl (C=O) groups is 2. The van der Waals surface area contributed by atoms with E-state index in [0.29, 0.717) is 19.3 Å². The minimum absolute atomic E-state index is 0.0666. The van der Waals surface area contributed by atoms with E-state index in [9.17, 15) is 35.9 Å². The van der Waals surface area contributed by atoms with Gasteiger partial charge in [0, 0.05) is 29.8 Å². The second-order valence-corrected chi connectivity index (χ2v) is 9.40. The fourth-order valence-electron chi connectivity index (χ4n) is 5.10. The number of Topliss-reactive ketones (excluding diaryl/α,β-unsaturated/α-hetero) is 1. The molecule has 0 unspecified atom stereocenters. The number of hydrogen-bond donors (Lipinski definition) is 2. The summed E-state index contributed by atoms with van der Waals surface area (Å²) in [4.78, 5) is 24.2. The molecule has 0 aromatic rings. The Morgan fingerprint density at radius 2 is 1.34 bits per heavy atom. The van der Waals surface area contributed by atoms with Crippen molar-refractivity contribution in [2.75, 3.05) is 13.2 Å². The van der Waals surface area contributed by atoms with Crippen molar-refractivity contribution >= 4 is 11.7 Å². The molecule has 0 heterocycles. The number of halogens is 6. The molecule has 2 N–H and O–H groups in total. The highest BCUT2D eigenvalue weighted by Crippen LogP contribution is 2.60. The van der Waals surface area contributed by atoms with Gasteiger partial charge in [-0.3, -0.25) is 19.1 Å². The van der Waals surface area contributed by atoms with Crippen LogP contribution in [0.15, 0.2) is 0 Å². The Hall–Kier alpha value is -1.44. The quantitative estimate of drug-likeness (QED) is 0.473. The molecule has 5 rings (SSSR count). The van der Waals surface area contributed by atoms with E-state index in [4.69, 9.17) is 4.74 Å². The van der Waals surface area contributed by atoms with Gasteiger partial charge in [0.25, 0.3) is 0 Å². The molecule has 0 radical (unpaired) electrons. The van der Waals surface area contributed by atoms with Crippen molar-refractivity contribution in [1.29, 1.82) is 0 Å². The number of hydrogen-bond acceptors (Lipinski definition) is 6. The first-order chi connectivity index (χ1) is 14.7. The van der Waals surface area contributed by atoms with E-state index in [1.165, 1.54) is 0 Å². The third-order valence-electron chi connectivity index (χ3n) is 6.72.